The van der Waals surface area contributed by atoms with Crippen LogP contribution in [-0.2, 0) is 17.6 Å². The number of rotatable bonds is 6. The highest BCUT2D eigenvalue weighted by molar-refractivity contribution is 5.93. The fraction of sp³-hybridized carbons (Fsp3) is 0.500. The zero-order chi connectivity index (χ0) is 16.0. The summed E-state index contributed by atoms with van der Waals surface area (Å²) < 4.78 is 0. The molecule has 0 aromatic heterocycles. The van der Waals surface area contributed by atoms with E-state index in [1.54, 1.807) is 13.8 Å². The first-order chi connectivity index (χ1) is 9.90. The molecular weight excluding hydrogens is 268 g/mol. The second-order valence-corrected chi connectivity index (χ2v) is 5.32. The molecule has 5 heteroatoms. The Hall–Kier alpha value is -2.04. The normalized spacial score (nSPS) is 12.0. The zero-order valence-corrected chi connectivity index (χ0v) is 13.1. The van der Waals surface area contributed by atoms with Crippen LogP contribution < -0.4 is 10.6 Å². The lowest BCUT2D eigenvalue weighted by Crippen LogP contribution is -2.46. The summed E-state index contributed by atoms with van der Waals surface area (Å²) in [6, 6.07) is 4.52. The molecule has 0 spiro atoms. The maximum atomic E-state index is 12.1. The first-order valence-electron chi connectivity index (χ1n) is 7.31. The van der Waals surface area contributed by atoms with Gasteiger partial charge in [0, 0.05) is 5.69 Å². The van der Waals surface area contributed by atoms with Crippen LogP contribution in [0.15, 0.2) is 18.2 Å². The Balaban J connectivity index is 2.90. The van der Waals surface area contributed by atoms with Crippen molar-refractivity contribution in [2.24, 2.45) is 5.92 Å². The number of carboxylic acids is 1. The summed E-state index contributed by atoms with van der Waals surface area (Å²) in [6.07, 6.45) is 1.60. The van der Waals surface area contributed by atoms with Crippen LogP contribution in [0.5, 0.6) is 0 Å². The summed E-state index contributed by atoms with van der Waals surface area (Å²) >= 11 is 0. The van der Waals surface area contributed by atoms with Gasteiger partial charge in [-0.2, -0.15) is 0 Å². The van der Waals surface area contributed by atoms with Crippen molar-refractivity contribution in [3.05, 3.63) is 29.3 Å². The summed E-state index contributed by atoms with van der Waals surface area (Å²) in [5.41, 5.74) is 2.87. The third-order valence-electron chi connectivity index (χ3n) is 3.46. The molecule has 0 radical (unpaired) electrons. The Labute approximate surface area is 125 Å². The maximum Gasteiger partial charge on any atom is 0.326 e. The van der Waals surface area contributed by atoms with Gasteiger partial charge in [0.05, 0.1) is 0 Å². The summed E-state index contributed by atoms with van der Waals surface area (Å²) in [4.78, 5) is 23.2. The Bertz CT molecular complexity index is 490. The lowest BCUT2D eigenvalue weighted by atomic mass is 10.0. The van der Waals surface area contributed by atoms with Gasteiger partial charge in [0.1, 0.15) is 6.04 Å². The van der Waals surface area contributed by atoms with E-state index in [0.717, 1.165) is 29.7 Å². The molecule has 0 heterocycles. The fourth-order valence-corrected chi connectivity index (χ4v) is 2.21. The number of hydrogen-bond donors (Lipinski definition) is 3. The number of carbonyl (C=O) groups excluding carboxylic acids is 1. The molecule has 5 nitrogen and oxygen atoms in total. The minimum Gasteiger partial charge on any atom is -0.480 e. The number of carbonyl (C=O) groups is 2. The molecule has 0 aliphatic heterocycles. The second kappa shape index (κ2) is 7.67. The molecular formula is C16H24N2O3. The van der Waals surface area contributed by atoms with Crippen molar-refractivity contribution in [3.63, 3.8) is 0 Å². The molecule has 2 amide bonds. The van der Waals surface area contributed by atoms with E-state index in [2.05, 4.69) is 10.6 Å². The van der Waals surface area contributed by atoms with Gasteiger partial charge in [-0.05, 0) is 29.9 Å². The predicted molar refractivity (Wildman–Crippen MR) is 83.6 cm³/mol. The average molecular weight is 292 g/mol. The van der Waals surface area contributed by atoms with Gasteiger partial charge in [0.2, 0.25) is 0 Å². The Morgan fingerprint density at radius 3 is 2.05 bits per heavy atom. The van der Waals surface area contributed by atoms with Gasteiger partial charge < -0.3 is 15.7 Å². The molecule has 3 N–H and O–H groups in total. The van der Waals surface area contributed by atoms with Crippen molar-refractivity contribution in [2.75, 3.05) is 5.32 Å². The highest BCUT2D eigenvalue weighted by Crippen LogP contribution is 2.22. The van der Waals surface area contributed by atoms with E-state index < -0.39 is 18.0 Å². The van der Waals surface area contributed by atoms with Gasteiger partial charge in [-0.3, -0.25) is 0 Å². The predicted octanol–water partition coefficient (Wildman–Crippen LogP) is 3.04. The Kier molecular flexibility index (Phi) is 6.21. The first kappa shape index (κ1) is 17.0. The lowest BCUT2D eigenvalue weighted by Gasteiger charge is -2.20. The van der Waals surface area contributed by atoms with Crippen molar-refractivity contribution in [1.29, 1.82) is 0 Å². The molecule has 1 rings (SSSR count). The van der Waals surface area contributed by atoms with Crippen molar-refractivity contribution < 1.29 is 14.7 Å². The number of nitrogens with one attached hydrogen (secondary N) is 2. The summed E-state index contributed by atoms with van der Waals surface area (Å²) in [6.45, 7) is 7.56. The van der Waals surface area contributed by atoms with Crippen LogP contribution in [0.25, 0.3) is 0 Å². The summed E-state index contributed by atoms with van der Waals surface area (Å²) in [7, 11) is 0. The van der Waals surface area contributed by atoms with Crippen LogP contribution in [0.4, 0.5) is 10.5 Å². The molecule has 0 fully saturated rings. The number of carboxylic acid groups (broad SMARTS) is 1. The molecule has 1 aromatic carbocycles. The van der Waals surface area contributed by atoms with Crippen LogP contribution in [0.3, 0.4) is 0 Å². The monoisotopic (exact) mass is 292 g/mol. The number of para-hydroxylation sites is 1. The second-order valence-electron chi connectivity index (χ2n) is 5.32. The molecule has 0 saturated carbocycles. The van der Waals surface area contributed by atoms with E-state index >= 15 is 0 Å². The molecule has 21 heavy (non-hydrogen) atoms. The molecule has 0 unspecified atom stereocenters. The van der Waals surface area contributed by atoms with Crippen LogP contribution >= 0.6 is 0 Å². The SMILES string of the molecule is CCc1cccc(CC)c1NC(=O)N[C@H](C(=O)O)C(C)C. The van der Waals surface area contributed by atoms with E-state index in [4.69, 9.17) is 5.11 Å². The summed E-state index contributed by atoms with van der Waals surface area (Å²) in [5, 5.41) is 14.4. The number of amides is 2. The van der Waals surface area contributed by atoms with E-state index in [-0.39, 0.29) is 5.92 Å². The molecule has 0 bridgehead atoms. The number of hydrogen-bond acceptors (Lipinski definition) is 2. The van der Waals surface area contributed by atoms with Gasteiger partial charge in [0.25, 0.3) is 0 Å². The highest BCUT2D eigenvalue weighted by Gasteiger charge is 2.23. The van der Waals surface area contributed by atoms with E-state index in [9.17, 15) is 9.59 Å². The lowest BCUT2D eigenvalue weighted by molar-refractivity contribution is -0.140. The van der Waals surface area contributed by atoms with E-state index in [1.165, 1.54) is 0 Å². The van der Waals surface area contributed by atoms with Gasteiger partial charge in [-0.15, -0.1) is 0 Å². The van der Waals surface area contributed by atoms with Crippen molar-refractivity contribution in [3.8, 4) is 0 Å². The van der Waals surface area contributed by atoms with Crippen molar-refractivity contribution in [1.82, 2.24) is 5.32 Å². The first-order valence-corrected chi connectivity index (χ1v) is 7.31. The van der Waals surface area contributed by atoms with Gasteiger partial charge in [0.15, 0.2) is 0 Å². The number of urea groups is 1. The highest BCUT2D eigenvalue weighted by atomic mass is 16.4. The third kappa shape index (κ3) is 4.48. The van der Waals surface area contributed by atoms with Crippen molar-refractivity contribution in [2.45, 2.75) is 46.6 Å². The average Bonchev–Trinajstić information content (AvgIpc) is 2.44. The Morgan fingerprint density at radius 2 is 1.67 bits per heavy atom. The Morgan fingerprint density at radius 1 is 1.14 bits per heavy atom. The van der Waals surface area contributed by atoms with Crippen LogP contribution in [0.2, 0.25) is 0 Å². The van der Waals surface area contributed by atoms with E-state index in [1.807, 2.05) is 32.0 Å². The van der Waals surface area contributed by atoms with Crippen LogP contribution in [0.1, 0.15) is 38.8 Å². The number of anilines is 1. The van der Waals surface area contributed by atoms with Gasteiger partial charge >= 0.3 is 12.0 Å². The molecule has 1 aromatic rings. The fourth-order valence-electron chi connectivity index (χ4n) is 2.21. The molecule has 0 aliphatic rings. The van der Waals surface area contributed by atoms with E-state index in [0.29, 0.717) is 0 Å². The quantitative estimate of drug-likeness (QED) is 0.754. The maximum absolute atomic E-state index is 12.1. The molecule has 1 atom stereocenters. The molecule has 0 saturated heterocycles. The number of aliphatic carboxylic acids is 1. The van der Waals surface area contributed by atoms with Gasteiger partial charge in [-0.25, -0.2) is 9.59 Å². The van der Waals surface area contributed by atoms with Crippen LogP contribution in [0, 0.1) is 5.92 Å². The number of aryl methyl sites for hydroxylation is 2. The smallest absolute Gasteiger partial charge is 0.326 e. The van der Waals surface area contributed by atoms with Crippen LogP contribution in [-0.4, -0.2) is 23.1 Å². The third-order valence-corrected chi connectivity index (χ3v) is 3.46. The largest absolute Gasteiger partial charge is 0.480 e. The topological polar surface area (TPSA) is 78.4 Å². The summed E-state index contributed by atoms with van der Waals surface area (Å²) in [5.74, 6) is -1.21. The standard InChI is InChI=1S/C16H24N2O3/c1-5-11-8-7-9-12(6-2)14(11)18-16(21)17-13(10(3)4)15(19)20/h7-10,13H,5-6H2,1-4H3,(H,19,20)(H2,17,18,21)/t13-/m0/s1. The van der Waals surface area contributed by atoms with Gasteiger partial charge in [-0.1, -0.05) is 45.9 Å². The van der Waals surface area contributed by atoms with Crippen molar-refractivity contribution >= 4 is 17.7 Å². The molecule has 0 aliphatic carbocycles. The molecule has 116 valence electrons. The minimum absolute atomic E-state index is 0.180. The number of benzene rings is 1. The zero-order valence-electron chi connectivity index (χ0n) is 13.1. The minimum atomic E-state index is -1.03.